The molecule has 0 spiro atoms. The number of piperidine rings is 1. The van der Waals surface area contributed by atoms with Gasteiger partial charge in [0.25, 0.3) is 5.91 Å². The van der Waals surface area contributed by atoms with Crippen LogP contribution in [0.2, 0.25) is 0 Å². The van der Waals surface area contributed by atoms with E-state index in [2.05, 4.69) is 21.2 Å². The van der Waals surface area contributed by atoms with Crippen molar-refractivity contribution < 1.29 is 4.79 Å². The predicted molar refractivity (Wildman–Crippen MR) is 83.9 cm³/mol. The molecular formula is C16H21BrN2O. The van der Waals surface area contributed by atoms with E-state index >= 15 is 0 Å². The highest BCUT2D eigenvalue weighted by Crippen LogP contribution is 2.30. The van der Waals surface area contributed by atoms with Gasteiger partial charge in [0.2, 0.25) is 0 Å². The predicted octanol–water partition coefficient (Wildman–Crippen LogP) is 3.11. The Morgan fingerprint density at radius 3 is 2.60 bits per heavy atom. The number of carbonyl (C=O) groups excluding carboxylic acids is 1. The van der Waals surface area contributed by atoms with Gasteiger partial charge in [-0.3, -0.25) is 4.79 Å². The third-order valence-corrected chi connectivity index (χ3v) is 5.67. The number of rotatable bonds is 2. The number of hydrogen-bond acceptors (Lipinski definition) is 2. The summed E-state index contributed by atoms with van der Waals surface area (Å²) in [7, 11) is 1.96. The summed E-state index contributed by atoms with van der Waals surface area (Å²) in [5.74, 6) is 0.148. The Labute approximate surface area is 128 Å². The van der Waals surface area contributed by atoms with E-state index in [9.17, 15) is 4.79 Å². The second kappa shape index (κ2) is 5.49. The van der Waals surface area contributed by atoms with Gasteiger partial charge in [-0.25, -0.2) is 0 Å². The first-order valence-electron chi connectivity index (χ1n) is 7.34. The highest BCUT2D eigenvalue weighted by atomic mass is 79.9. The fraction of sp³-hybridized carbons (Fsp3) is 0.562. The number of benzene rings is 1. The zero-order chi connectivity index (χ0) is 14.3. The highest BCUT2D eigenvalue weighted by molar-refractivity contribution is 9.10. The lowest BCUT2D eigenvalue weighted by Crippen LogP contribution is -2.48. The molecule has 0 aliphatic carbocycles. The van der Waals surface area contributed by atoms with Crippen LogP contribution in [0.4, 0.5) is 0 Å². The summed E-state index contributed by atoms with van der Waals surface area (Å²) < 4.78 is 1.00. The van der Waals surface area contributed by atoms with Crippen LogP contribution in [0.25, 0.3) is 0 Å². The second-order valence-electron chi connectivity index (χ2n) is 6.09. The molecule has 2 aliphatic heterocycles. The summed E-state index contributed by atoms with van der Waals surface area (Å²) >= 11 is 3.51. The van der Waals surface area contributed by atoms with Crippen molar-refractivity contribution in [1.82, 2.24) is 10.2 Å². The van der Waals surface area contributed by atoms with Gasteiger partial charge in [-0.15, -0.1) is 0 Å². The number of amides is 1. The van der Waals surface area contributed by atoms with Crippen molar-refractivity contribution in [2.24, 2.45) is 0 Å². The summed E-state index contributed by atoms with van der Waals surface area (Å²) in [6.07, 6.45) is 4.70. The zero-order valence-corrected chi connectivity index (χ0v) is 13.6. The number of nitrogens with zero attached hydrogens (tertiary/aromatic N) is 1. The van der Waals surface area contributed by atoms with Gasteiger partial charge >= 0.3 is 0 Å². The molecule has 4 heteroatoms. The maximum atomic E-state index is 12.7. The van der Waals surface area contributed by atoms with Crippen LogP contribution in [0.15, 0.2) is 22.7 Å². The summed E-state index contributed by atoms with van der Waals surface area (Å²) in [5.41, 5.74) is 1.84. The van der Waals surface area contributed by atoms with E-state index in [1.807, 2.05) is 37.1 Å². The van der Waals surface area contributed by atoms with Gasteiger partial charge < -0.3 is 10.2 Å². The van der Waals surface area contributed by atoms with Crippen molar-refractivity contribution in [3.05, 3.63) is 33.8 Å². The van der Waals surface area contributed by atoms with Crippen molar-refractivity contribution in [3.8, 4) is 0 Å². The fourth-order valence-corrected chi connectivity index (χ4v) is 3.90. The van der Waals surface area contributed by atoms with Crippen LogP contribution in [0.3, 0.4) is 0 Å². The van der Waals surface area contributed by atoms with Gasteiger partial charge in [-0.1, -0.05) is 22.0 Å². The minimum Gasteiger partial charge on any atom is -0.339 e. The molecule has 2 aliphatic rings. The largest absolute Gasteiger partial charge is 0.339 e. The minimum atomic E-state index is 0.148. The van der Waals surface area contributed by atoms with E-state index in [0.29, 0.717) is 18.1 Å². The molecule has 2 atom stereocenters. The third kappa shape index (κ3) is 2.51. The SMILES string of the molecule is Cc1c(Br)cccc1C(=O)N(C)C1CC2CCC(C1)N2. The average molecular weight is 337 g/mol. The fourth-order valence-electron chi connectivity index (χ4n) is 3.54. The highest BCUT2D eigenvalue weighted by Gasteiger charge is 2.36. The Bertz CT molecular complexity index is 519. The van der Waals surface area contributed by atoms with Crippen molar-refractivity contribution in [2.45, 2.75) is 50.7 Å². The molecule has 1 aromatic carbocycles. The Balaban J connectivity index is 1.78. The van der Waals surface area contributed by atoms with Crippen molar-refractivity contribution >= 4 is 21.8 Å². The zero-order valence-electron chi connectivity index (χ0n) is 12.0. The average Bonchev–Trinajstić information content (AvgIpc) is 2.79. The van der Waals surface area contributed by atoms with Gasteiger partial charge in [0.05, 0.1) is 0 Å². The molecule has 2 heterocycles. The lowest BCUT2D eigenvalue weighted by Gasteiger charge is -2.35. The van der Waals surface area contributed by atoms with E-state index < -0.39 is 0 Å². The second-order valence-corrected chi connectivity index (χ2v) is 6.95. The van der Waals surface area contributed by atoms with E-state index in [-0.39, 0.29) is 5.91 Å². The van der Waals surface area contributed by atoms with Crippen LogP contribution in [0, 0.1) is 6.92 Å². The number of hydrogen-bond donors (Lipinski definition) is 1. The van der Waals surface area contributed by atoms with E-state index in [0.717, 1.165) is 28.4 Å². The molecule has 1 amide bonds. The first-order chi connectivity index (χ1) is 9.56. The molecular weight excluding hydrogens is 316 g/mol. The molecule has 2 unspecified atom stereocenters. The Hall–Kier alpha value is -0.870. The first kappa shape index (κ1) is 14.1. The van der Waals surface area contributed by atoms with Crippen molar-refractivity contribution in [3.63, 3.8) is 0 Å². The van der Waals surface area contributed by atoms with Crippen molar-refractivity contribution in [2.75, 3.05) is 7.05 Å². The molecule has 2 fully saturated rings. The van der Waals surface area contributed by atoms with Crippen LogP contribution in [-0.2, 0) is 0 Å². The molecule has 2 saturated heterocycles. The molecule has 2 bridgehead atoms. The van der Waals surface area contributed by atoms with Crippen LogP contribution < -0.4 is 5.32 Å². The lowest BCUT2D eigenvalue weighted by atomic mass is 9.97. The van der Waals surface area contributed by atoms with Crippen LogP contribution in [-0.4, -0.2) is 36.0 Å². The van der Waals surface area contributed by atoms with E-state index in [4.69, 9.17) is 0 Å². The maximum absolute atomic E-state index is 12.7. The molecule has 1 N–H and O–H groups in total. The van der Waals surface area contributed by atoms with Crippen LogP contribution in [0.5, 0.6) is 0 Å². The van der Waals surface area contributed by atoms with Crippen LogP contribution >= 0.6 is 15.9 Å². The number of carbonyl (C=O) groups is 1. The molecule has 0 aromatic heterocycles. The number of nitrogens with one attached hydrogen (secondary N) is 1. The maximum Gasteiger partial charge on any atom is 0.254 e. The molecule has 20 heavy (non-hydrogen) atoms. The summed E-state index contributed by atoms with van der Waals surface area (Å²) in [6, 6.07) is 7.44. The Morgan fingerprint density at radius 2 is 1.95 bits per heavy atom. The van der Waals surface area contributed by atoms with Gasteiger partial charge in [0.1, 0.15) is 0 Å². The van der Waals surface area contributed by atoms with E-state index in [1.165, 1.54) is 12.8 Å². The lowest BCUT2D eigenvalue weighted by molar-refractivity contribution is 0.0681. The summed E-state index contributed by atoms with van der Waals surface area (Å²) in [4.78, 5) is 14.7. The number of fused-ring (bicyclic) bond motifs is 2. The minimum absolute atomic E-state index is 0.148. The van der Waals surface area contributed by atoms with Gasteiger partial charge in [0, 0.05) is 35.2 Å². The number of halogens is 1. The Morgan fingerprint density at radius 1 is 1.30 bits per heavy atom. The van der Waals surface area contributed by atoms with Crippen LogP contribution in [0.1, 0.15) is 41.6 Å². The Kier molecular flexibility index (Phi) is 3.87. The third-order valence-electron chi connectivity index (χ3n) is 4.81. The van der Waals surface area contributed by atoms with E-state index in [1.54, 1.807) is 0 Å². The molecule has 108 valence electrons. The van der Waals surface area contributed by atoms with Gasteiger partial charge in [0.15, 0.2) is 0 Å². The first-order valence-corrected chi connectivity index (χ1v) is 8.14. The monoisotopic (exact) mass is 336 g/mol. The van der Waals surface area contributed by atoms with Gasteiger partial charge in [-0.2, -0.15) is 0 Å². The molecule has 3 rings (SSSR count). The quantitative estimate of drug-likeness (QED) is 0.899. The standard InChI is InChI=1S/C16H21BrN2O/c1-10-14(4-3-5-15(10)17)16(20)19(2)13-8-11-6-7-12(9-13)18-11/h3-5,11-13,18H,6-9H2,1-2H3. The smallest absolute Gasteiger partial charge is 0.254 e. The van der Waals surface area contributed by atoms with Crippen molar-refractivity contribution in [1.29, 1.82) is 0 Å². The summed E-state index contributed by atoms with van der Waals surface area (Å²) in [5, 5.41) is 3.63. The molecule has 3 nitrogen and oxygen atoms in total. The molecule has 0 saturated carbocycles. The summed E-state index contributed by atoms with van der Waals surface area (Å²) in [6.45, 7) is 2.00. The molecule has 0 radical (unpaired) electrons. The normalized spacial score (nSPS) is 28.4. The molecule has 1 aromatic rings. The topological polar surface area (TPSA) is 32.3 Å². The van der Waals surface area contributed by atoms with Gasteiger partial charge in [-0.05, 0) is 50.3 Å².